The molecule has 0 aliphatic carbocycles. The number of anilines is 2. The van der Waals surface area contributed by atoms with E-state index in [1.165, 1.54) is 24.3 Å². The van der Waals surface area contributed by atoms with Gasteiger partial charge in [-0.15, -0.1) is 0 Å². The summed E-state index contributed by atoms with van der Waals surface area (Å²) in [7, 11) is -3.71. The SMILES string of the molecule is CC(C)(CO)NC(=O)c1ccc(NS(=O)(=O)c2ccc3c(c2)CCN3)cc1. The van der Waals surface area contributed by atoms with E-state index >= 15 is 0 Å². The van der Waals surface area contributed by atoms with Gasteiger partial charge in [0.2, 0.25) is 0 Å². The molecule has 3 rings (SSSR count). The fourth-order valence-electron chi connectivity index (χ4n) is 2.77. The maximum Gasteiger partial charge on any atom is 0.261 e. The van der Waals surface area contributed by atoms with Gasteiger partial charge in [-0.25, -0.2) is 8.42 Å². The van der Waals surface area contributed by atoms with Crippen LogP contribution in [0.4, 0.5) is 11.4 Å². The van der Waals surface area contributed by atoms with Crippen molar-refractivity contribution in [2.45, 2.75) is 30.7 Å². The van der Waals surface area contributed by atoms with Crippen LogP contribution in [0.2, 0.25) is 0 Å². The van der Waals surface area contributed by atoms with Gasteiger partial charge in [-0.05, 0) is 68.3 Å². The van der Waals surface area contributed by atoms with Gasteiger partial charge in [0.25, 0.3) is 15.9 Å². The minimum absolute atomic E-state index is 0.188. The van der Waals surface area contributed by atoms with Crippen LogP contribution >= 0.6 is 0 Å². The fraction of sp³-hybridized carbons (Fsp3) is 0.316. The van der Waals surface area contributed by atoms with Crippen LogP contribution in [0.25, 0.3) is 0 Å². The largest absolute Gasteiger partial charge is 0.394 e. The molecule has 1 heterocycles. The molecule has 0 spiro atoms. The van der Waals surface area contributed by atoms with Crippen LogP contribution in [-0.2, 0) is 16.4 Å². The van der Waals surface area contributed by atoms with E-state index in [-0.39, 0.29) is 17.4 Å². The van der Waals surface area contributed by atoms with Crippen LogP contribution in [0.3, 0.4) is 0 Å². The number of amides is 1. The highest BCUT2D eigenvalue weighted by Crippen LogP contribution is 2.26. The molecule has 0 atom stereocenters. The number of benzene rings is 2. The summed E-state index contributed by atoms with van der Waals surface area (Å²) < 4.78 is 27.7. The van der Waals surface area contributed by atoms with Gasteiger partial charge in [-0.1, -0.05) is 0 Å². The minimum Gasteiger partial charge on any atom is -0.394 e. The normalized spacial score (nSPS) is 13.6. The first-order chi connectivity index (χ1) is 12.7. The van der Waals surface area contributed by atoms with Crippen molar-refractivity contribution in [2.75, 3.05) is 23.2 Å². The summed E-state index contributed by atoms with van der Waals surface area (Å²) in [5.74, 6) is -0.338. The van der Waals surface area contributed by atoms with Gasteiger partial charge in [-0.3, -0.25) is 9.52 Å². The van der Waals surface area contributed by atoms with E-state index in [0.29, 0.717) is 11.3 Å². The second-order valence-corrected chi connectivity index (χ2v) is 8.86. The van der Waals surface area contributed by atoms with Crippen LogP contribution in [0.15, 0.2) is 47.4 Å². The number of carbonyl (C=O) groups is 1. The van der Waals surface area contributed by atoms with Gasteiger partial charge in [-0.2, -0.15) is 0 Å². The zero-order valence-electron chi connectivity index (χ0n) is 15.2. The van der Waals surface area contributed by atoms with Crippen molar-refractivity contribution in [1.82, 2.24) is 5.32 Å². The van der Waals surface area contributed by atoms with Gasteiger partial charge in [0, 0.05) is 23.5 Å². The lowest BCUT2D eigenvalue weighted by atomic mass is 10.1. The van der Waals surface area contributed by atoms with Crippen LogP contribution < -0.4 is 15.4 Å². The summed E-state index contributed by atoms with van der Waals surface area (Å²) in [6, 6.07) is 11.2. The first-order valence-corrected chi connectivity index (χ1v) is 10.1. The lowest BCUT2D eigenvalue weighted by Crippen LogP contribution is -2.46. The van der Waals surface area contributed by atoms with Crippen LogP contribution in [0.5, 0.6) is 0 Å². The second-order valence-electron chi connectivity index (χ2n) is 7.17. The standard InChI is InChI=1S/C19H23N3O4S/c1-19(2,12-23)21-18(24)13-3-5-15(6-4-13)22-27(25,26)16-7-8-17-14(11-16)9-10-20-17/h3-8,11,20,22-23H,9-10,12H2,1-2H3,(H,21,24). The number of aliphatic hydroxyl groups is 1. The molecule has 0 radical (unpaired) electrons. The zero-order valence-corrected chi connectivity index (χ0v) is 16.1. The molecule has 1 aliphatic rings. The third kappa shape index (κ3) is 4.40. The maximum absolute atomic E-state index is 12.6. The first-order valence-electron chi connectivity index (χ1n) is 8.63. The molecule has 4 N–H and O–H groups in total. The number of hydrogen-bond acceptors (Lipinski definition) is 5. The second kappa shape index (κ2) is 7.21. The molecule has 0 aromatic heterocycles. The van der Waals surface area contributed by atoms with E-state index in [0.717, 1.165) is 24.2 Å². The molecule has 8 heteroatoms. The predicted octanol–water partition coefficient (Wildman–Crippen LogP) is 1.96. The van der Waals surface area contributed by atoms with E-state index in [2.05, 4.69) is 15.4 Å². The van der Waals surface area contributed by atoms with Crippen LogP contribution in [0.1, 0.15) is 29.8 Å². The number of fused-ring (bicyclic) bond motifs is 1. The number of nitrogens with one attached hydrogen (secondary N) is 3. The van der Waals surface area contributed by atoms with Gasteiger partial charge in [0.1, 0.15) is 0 Å². The molecule has 0 unspecified atom stereocenters. The molecule has 0 saturated carbocycles. The number of sulfonamides is 1. The van der Waals surface area contributed by atoms with E-state index in [4.69, 9.17) is 0 Å². The van der Waals surface area contributed by atoms with Crippen molar-refractivity contribution in [3.05, 3.63) is 53.6 Å². The lowest BCUT2D eigenvalue weighted by molar-refractivity contribution is 0.0869. The maximum atomic E-state index is 12.6. The lowest BCUT2D eigenvalue weighted by Gasteiger charge is -2.23. The van der Waals surface area contributed by atoms with Crippen LogP contribution in [-0.4, -0.2) is 38.1 Å². The molecular formula is C19H23N3O4S. The van der Waals surface area contributed by atoms with E-state index in [9.17, 15) is 18.3 Å². The molecule has 0 saturated heterocycles. The Morgan fingerprint density at radius 1 is 1.19 bits per heavy atom. The summed E-state index contributed by atoms with van der Waals surface area (Å²) in [4.78, 5) is 12.4. The third-order valence-corrected chi connectivity index (χ3v) is 5.72. The highest BCUT2D eigenvalue weighted by atomic mass is 32.2. The van der Waals surface area contributed by atoms with Gasteiger partial charge in [0.15, 0.2) is 0 Å². The Bertz CT molecular complexity index is 953. The smallest absolute Gasteiger partial charge is 0.261 e. The average molecular weight is 389 g/mol. The molecule has 7 nitrogen and oxygen atoms in total. The van der Waals surface area contributed by atoms with E-state index in [1.54, 1.807) is 32.0 Å². The molecule has 144 valence electrons. The van der Waals surface area contributed by atoms with E-state index in [1.807, 2.05) is 0 Å². The molecular weight excluding hydrogens is 366 g/mol. The molecule has 0 bridgehead atoms. The molecule has 0 fully saturated rings. The van der Waals surface area contributed by atoms with Crippen molar-refractivity contribution < 1.29 is 18.3 Å². The fourth-order valence-corrected chi connectivity index (χ4v) is 3.88. The Labute approximate surface area is 158 Å². The first kappa shape index (κ1) is 19.2. The Morgan fingerprint density at radius 2 is 1.89 bits per heavy atom. The monoisotopic (exact) mass is 389 g/mol. The van der Waals surface area contributed by atoms with Crippen molar-refractivity contribution >= 4 is 27.3 Å². The number of rotatable bonds is 6. The summed E-state index contributed by atoms with van der Waals surface area (Å²) in [6.45, 7) is 4.04. The summed E-state index contributed by atoms with van der Waals surface area (Å²) in [5, 5.41) is 15.1. The van der Waals surface area contributed by atoms with Crippen molar-refractivity contribution in [3.63, 3.8) is 0 Å². The Balaban J connectivity index is 1.73. The van der Waals surface area contributed by atoms with Crippen molar-refractivity contribution in [2.24, 2.45) is 0 Å². The number of aliphatic hydroxyl groups excluding tert-OH is 1. The van der Waals surface area contributed by atoms with Gasteiger partial charge in [0.05, 0.1) is 17.0 Å². The topological polar surface area (TPSA) is 108 Å². The minimum atomic E-state index is -3.71. The summed E-state index contributed by atoms with van der Waals surface area (Å²) in [6.07, 6.45) is 0.798. The third-order valence-electron chi connectivity index (χ3n) is 4.34. The van der Waals surface area contributed by atoms with Crippen LogP contribution in [0, 0.1) is 0 Å². The van der Waals surface area contributed by atoms with Crippen molar-refractivity contribution in [1.29, 1.82) is 0 Å². The van der Waals surface area contributed by atoms with E-state index < -0.39 is 15.6 Å². The summed E-state index contributed by atoms with van der Waals surface area (Å²) >= 11 is 0. The molecule has 1 amide bonds. The average Bonchev–Trinajstić information content (AvgIpc) is 3.09. The zero-order chi connectivity index (χ0) is 19.7. The quantitative estimate of drug-likeness (QED) is 0.604. The Hall–Kier alpha value is -2.58. The van der Waals surface area contributed by atoms with Gasteiger partial charge >= 0.3 is 0 Å². The molecule has 1 aliphatic heterocycles. The number of carbonyl (C=O) groups excluding carboxylic acids is 1. The predicted molar refractivity (Wildman–Crippen MR) is 105 cm³/mol. The highest BCUT2D eigenvalue weighted by Gasteiger charge is 2.21. The summed E-state index contributed by atoms with van der Waals surface area (Å²) in [5.41, 5.74) is 1.96. The van der Waals surface area contributed by atoms with Gasteiger partial charge < -0.3 is 15.7 Å². The molecule has 2 aromatic carbocycles. The Morgan fingerprint density at radius 3 is 2.56 bits per heavy atom. The number of hydrogen-bond donors (Lipinski definition) is 4. The molecule has 2 aromatic rings. The Kier molecular flexibility index (Phi) is 5.12. The molecule has 27 heavy (non-hydrogen) atoms. The van der Waals surface area contributed by atoms with Crippen molar-refractivity contribution in [3.8, 4) is 0 Å². The highest BCUT2D eigenvalue weighted by molar-refractivity contribution is 7.92.